The highest BCUT2D eigenvalue weighted by Crippen LogP contribution is 2.38. The molecule has 108 valence electrons. The highest BCUT2D eigenvalue weighted by molar-refractivity contribution is 9.10. The number of amides is 1. The summed E-state index contributed by atoms with van der Waals surface area (Å²) in [7, 11) is 0. The number of alkyl halides is 3. The van der Waals surface area contributed by atoms with Gasteiger partial charge in [-0.3, -0.25) is 4.79 Å². The Balaban J connectivity index is 2.47. The summed E-state index contributed by atoms with van der Waals surface area (Å²) in [5, 5.41) is 14.2. The van der Waals surface area contributed by atoms with Crippen LogP contribution in [0.15, 0.2) is 33.8 Å². The minimum Gasteiger partial charge on any atom is -0.365 e. The molecule has 1 aromatic rings. The molecule has 0 saturated heterocycles. The summed E-state index contributed by atoms with van der Waals surface area (Å²) in [6.45, 7) is 1.45. The van der Waals surface area contributed by atoms with Crippen molar-refractivity contribution in [2.45, 2.75) is 25.2 Å². The predicted molar refractivity (Wildman–Crippen MR) is 68.7 cm³/mol. The maximum absolute atomic E-state index is 12.6. The van der Waals surface area contributed by atoms with Gasteiger partial charge in [0, 0.05) is 22.2 Å². The Kier molecular flexibility index (Phi) is 3.64. The van der Waals surface area contributed by atoms with Crippen LogP contribution in [0.25, 0.3) is 0 Å². The van der Waals surface area contributed by atoms with E-state index in [-0.39, 0.29) is 22.7 Å². The highest BCUT2D eigenvalue weighted by Gasteiger charge is 2.53. The van der Waals surface area contributed by atoms with Crippen LogP contribution in [-0.4, -0.2) is 27.9 Å². The first-order chi connectivity index (χ1) is 9.14. The number of hydrogen-bond donors (Lipinski definition) is 1. The lowest BCUT2D eigenvalue weighted by Crippen LogP contribution is -2.48. The third-order valence-electron chi connectivity index (χ3n) is 2.85. The van der Waals surface area contributed by atoms with E-state index >= 15 is 0 Å². The highest BCUT2D eigenvalue weighted by atomic mass is 79.9. The van der Waals surface area contributed by atoms with E-state index in [1.165, 1.54) is 19.1 Å². The zero-order valence-corrected chi connectivity index (χ0v) is 11.9. The number of halogens is 4. The largest absolute Gasteiger partial charge is 0.473 e. The Labute approximate surface area is 121 Å². The Morgan fingerprint density at radius 1 is 1.50 bits per heavy atom. The second-order valence-electron chi connectivity index (χ2n) is 4.45. The average Bonchev–Trinajstić information content (AvgIpc) is 2.64. The van der Waals surface area contributed by atoms with E-state index in [1.807, 2.05) is 0 Å². The standard InChI is InChI=1S/C12H10BrF3N2O2/c1-7-6-11(20,8-3-2-4-9(13)5-8)18(17-7)10(19)12(14,15)16/h2-5,20H,6H2,1H3. The smallest absolute Gasteiger partial charge is 0.365 e. The van der Waals surface area contributed by atoms with Gasteiger partial charge in [0.2, 0.25) is 0 Å². The third kappa shape index (κ3) is 2.57. The number of nitrogens with zero attached hydrogens (tertiary/aromatic N) is 2. The number of hydrogen-bond acceptors (Lipinski definition) is 3. The van der Waals surface area contributed by atoms with Gasteiger partial charge in [-0.2, -0.15) is 23.3 Å². The van der Waals surface area contributed by atoms with Gasteiger partial charge in [0.25, 0.3) is 0 Å². The maximum atomic E-state index is 12.6. The quantitative estimate of drug-likeness (QED) is 0.846. The number of hydrazone groups is 1. The van der Waals surface area contributed by atoms with Crippen molar-refractivity contribution in [2.24, 2.45) is 5.10 Å². The van der Waals surface area contributed by atoms with E-state index in [2.05, 4.69) is 21.0 Å². The first-order valence-corrected chi connectivity index (χ1v) is 6.38. The number of aliphatic hydroxyl groups is 1. The molecule has 1 aromatic carbocycles. The van der Waals surface area contributed by atoms with Crippen LogP contribution >= 0.6 is 15.9 Å². The van der Waals surface area contributed by atoms with Crippen LogP contribution in [0.4, 0.5) is 13.2 Å². The van der Waals surface area contributed by atoms with Crippen molar-refractivity contribution < 1.29 is 23.1 Å². The van der Waals surface area contributed by atoms with Gasteiger partial charge in [0.15, 0.2) is 5.72 Å². The van der Waals surface area contributed by atoms with Gasteiger partial charge in [0.1, 0.15) is 0 Å². The molecule has 0 radical (unpaired) electrons. The van der Waals surface area contributed by atoms with E-state index in [4.69, 9.17) is 0 Å². The Morgan fingerprint density at radius 2 is 2.15 bits per heavy atom. The lowest BCUT2D eigenvalue weighted by atomic mass is 9.98. The fraction of sp³-hybridized carbons (Fsp3) is 0.333. The molecule has 0 fully saturated rings. The Morgan fingerprint density at radius 3 is 2.70 bits per heavy atom. The fourth-order valence-corrected chi connectivity index (χ4v) is 2.42. The molecular weight excluding hydrogens is 341 g/mol. The lowest BCUT2D eigenvalue weighted by molar-refractivity contribution is -0.206. The van der Waals surface area contributed by atoms with Gasteiger partial charge in [-0.05, 0) is 19.1 Å². The number of carbonyl (C=O) groups excluding carboxylic acids is 1. The van der Waals surface area contributed by atoms with Gasteiger partial charge >= 0.3 is 12.1 Å². The minimum atomic E-state index is -5.10. The molecular formula is C12H10BrF3N2O2. The molecule has 20 heavy (non-hydrogen) atoms. The molecule has 0 aromatic heterocycles. The van der Waals surface area contributed by atoms with Crippen molar-refractivity contribution in [3.63, 3.8) is 0 Å². The van der Waals surface area contributed by atoms with Crippen molar-refractivity contribution in [3.05, 3.63) is 34.3 Å². The topological polar surface area (TPSA) is 52.9 Å². The summed E-state index contributed by atoms with van der Waals surface area (Å²) in [6, 6.07) is 6.10. The van der Waals surface area contributed by atoms with Crippen LogP contribution in [0.5, 0.6) is 0 Å². The van der Waals surface area contributed by atoms with Crippen LogP contribution < -0.4 is 0 Å². The molecule has 1 N–H and O–H groups in total. The molecule has 0 spiro atoms. The molecule has 1 aliphatic rings. The fourth-order valence-electron chi connectivity index (χ4n) is 2.02. The first-order valence-electron chi connectivity index (χ1n) is 5.58. The summed E-state index contributed by atoms with van der Waals surface area (Å²) >= 11 is 3.17. The van der Waals surface area contributed by atoms with Gasteiger partial charge in [0.05, 0.1) is 0 Å². The molecule has 1 amide bonds. The SMILES string of the molecule is CC1=NN(C(=O)C(F)(F)F)C(O)(c2cccc(Br)c2)C1. The molecule has 0 saturated carbocycles. The second kappa shape index (κ2) is 4.85. The Hall–Kier alpha value is -1.41. The number of rotatable bonds is 1. The molecule has 0 aliphatic carbocycles. The molecule has 0 bridgehead atoms. The minimum absolute atomic E-state index is 0.101. The van der Waals surface area contributed by atoms with Gasteiger partial charge in [-0.15, -0.1) is 0 Å². The molecule has 1 heterocycles. The van der Waals surface area contributed by atoms with Gasteiger partial charge in [-0.25, -0.2) is 0 Å². The monoisotopic (exact) mass is 350 g/mol. The van der Waals surface area contributed by atoms with E-state index in [0.29, 0.717) is 4.47 Å². The van der Waals surface area contributed by atoms with Crippen LogP contribution in [0.3, 0.4) is 0 Å². The van der Waals surface area contributed by atoms with Gasteiger partial charge in [-0.1, -0.05) is 28.1 Å². The van der Waals surface area contributed by atoms with Crippen molar-refractivity contribution >= 4 is 27.5 Å². The van der Waals surface area contributed by atoms with E-state index in [1.54, 1.807) is 12.1 Å². The van der Waals surface area contributed by atoms with E-state index in [0.717, 1.165) is 0 Å². The molecule has 8 heteroatoms. The van der Waals surface area contributed by atoms with Crippen LogP contribution in [0.2, 0.25) is 0 Å². The molecule has 1 unspecified atom stereocenters. The van der Waals surface area contributed by atoms with Crippen LogP contribution in [0, 0.1) is 0 Å². The molecule has 1 aliphatic heterocycles. The van der Waals surface area contributed by atoms with Crippen LogP contribution in [-0.2, 0) is 10.5 Å². The number of benzene rings is 1. The van der Waals surface area contributed by atoms with E-state index < -0.39 is 17.8 Å². The zero-order chi connectivity index (χ0) is 15.1. The van der Waals surface area contributed by atoms with Crippen LogP contribution in [0.1, 0.15) is 18.9 Å². The Bertz CT molecular complexity index is 588. The first kappa shape index (κ1) is 15.0. The number of carbonyl (C=O) groups is 1. The van der Waals surface area contributed by atoms with Crippen molar-refractivity contribution in [1.29, 1.82) is 0 Å². The lowest BCUT2D eigenvalue weighted by Gasteiger charge is -2.31. The van der Waals surface area contributed by atoms with Crippen molar-refractivity contribution in [2.75, 3.05) is 0 Å². The normalized spacial score (nSPS) is 22.9. The summed E-state index contributed by atoms with van der Waals surface area (Å²) < 4.78 is 38.3. The second-order valence-corrected chi connectivity index (χ2v) is 5.37. The summed E-state index contributed by atoms with van der Waals surface area (Å²) in [4.78, 5) is 11.4. The average molecular weight is 351 g/mol. The predicted octanol–water partition coefficient (Wildman–Crippen LogP) is 2.76. The zero-order valence-electron chi connectivity index (χ0n) is 10.3. The third-order valence-corrected chi connectivity index (χ3v) is 3.34. The summed E-state index contributed by atoms with van der Waals surface area (Å²) in [6.07, 6.45) is -5.28. The summed E-state index contributed by atoms with van der Waals surface area (Å²) in [5.41, 5.74) is -1.73. The maximum Gasteiger partial charge on any atom is 0.473 e. The van der Waals surface area contributed by atoms with Crippen molar-refractivity contribution in [3.8, 4) is 0 Å². The van der Waals surface area contributed by atoms with Crippen molar-refractivity contribution in [1.82, 2.24) is 5.01 Å². The molecule has 2 rings (SSSR count). The van der Waals surface area contributed by atoms with E-state index in [9.17, 15) is 23.1 Å². The van der Waals surface area contributed by atoms with Gasteiger partial charge < -0.3 is 5.11 Å². The summed E-state index contributed by atoms with van der Waals surface area (Å²) in [5.74, 6) is -2.20. The molecule has 1 atom stereocenters. The molecule has 4 nitrogen and oxygen atoms in total.